The van der Waals surface area contributed by atoms with E-state index in [1.165, 1.54) is 26.4 Å². The van der Waals surface area contributed by atoms with Crippen molar-refractivity contribution in [1.29, 1.82) is 0 Å². The van der Waals surface area contributed by atoms with Gasteiger partial charge in [-0.15, -0.1) is 0 Å². The fourth-order valence-electron chi connectivity index (χ4n) is 3.63. The molecule has 0 aromatic rings. The maximum absolute atomic E-state index is 11.7. The van der Waals surface area contributed by atoms with Crippen LogP contribution in [-0.4, -0.2) is 32.1 Å². The van der Waals surface area contributed by atoms with Crippen molar-refractivity contribution in [3.63, 3.8) is 0 Å². The minimum absolute atomic E-state index is 0.121. The Morgan fingerprint density at radius 1 is 1.14 bits per heavy atom. The standard InChI is InChI=1S/C17H32O4/c1-5-8-9-10-15-14(13-16(18)19-4)11-12-17(15,20-6-2)21-7-3/h14-15H,5-13H2,1-4H3. The van der Waals surface area contributed by atoms with Gasteiger partial charge in [-0.1, -0.05) is 26.2 Å². The summed E-state index contributed by atoms with van der Waals surface area (Å²) in [5.74, 6) is -0.00427. The van der Waals surface area contributed by atoms with E-state index < -0.39 is 5.79 Å². The van der Waals surface area contributed by atoms with E-state index in [1.54, 1.807) is 0 Å². The second-order valence-corrected chi connectivity index (χ2v) is 5.86. The first-order chi connectivity index (χ1) is 10.1. The molecule has 0 radical (unpaired) electrons. The van der Waals surface area contributed by atoms with Crippen molar-refractivity contribution in [2.75, 3.05) is 20.3 Å². The first-order valence-corrected chi connectivity index (χ1v) is 8.48. The van der Waals surface area contributed by atoms with Crippen LogP contribution in [0, 0.1) is 11.8 Å². The van der Waals surface area contributed by atoms with Gasteiger partial charge in [0.05, 0.1) is 7.11 Å². The Kier molecular flexibility index (Phi) is 8.27. The number of carbonyl (C=O) groups is 1. The molecule has 0 N–H and O–H groups in total. The molecule has 21 heavy (non-hydrogen) atoms. The number of methoxy groups -OCH3 is 1. The normalized spacial score (nSPS) is 24.2. The molecule has 0 saturated heterocycles. The lowest BCUT2D eigenvalue weighted by molar-refractivity contribution is -0.257. The molecule has 0 bridgehead atoms. The SMILES string of the molecule is CCCCCC1C(CC(=O)OC)CCC1(OCC)OCC. The molecule has 124 valence electrons. The average Bonchev–Trinajstić information content (AvgIpc) is 2.78. The maximum atomic E-state index is 11.7. The lowest BCUT2D eigenvalue weighted by Gasteiger charge is -2.37. The first-order valence-electron chi connectivity index (χ1n) is 8.48. The monoisotopic (exact) mass is 300 g/mol. The van der Waals surface area contributed by atoms with Gasteiger partial charge in [-0.05, 0) is 32.6 Å². The van der Waals surface area contributed by atoms with Gasteiger partial charge in [-0.25, -0.2) is 0 Å². The molecule has 0 amide bonds. The third kappa shape index (κ3) is 4.96. The Balaban J connectivity index is 2.81. The molecule has 0 spiro atoms. The molecule has 0 aromatic heterocycles. The van der Waals surface area contributed by atoms with E-state index in [9.17, 15) is 4.79 Å². The third-order valence-electron chi connectivity index (χ3n) is 4.55. The van der Waals surface area contributed by atoms with Gasteiger partial charge >= 0.3 is 5.97 Å². The number of carbonyl (C=O) groups excluding carboxylic acids is 1. The largest absolute Gasteiger partial charge is 0.469 e. The maximum Gasteiger partial charge on any atom is 0.305 e. The van der Waals surface area contributed by atoms with Crippen LogP contribution in [-0.2, 0) is 19.0 Å². The zero-order valence-electron chi connectivity index (χ0n) is 14.2. The number of hydrogen-bond donors (Lipinski definition) is 0. The highest BCUT2D eigenvalue weighted by Crippen LogP contribution is 2.48. The summed E-state index contributed by atoms with van der Waals surface area (Å²) in [5, 5.41) is 0. The molecule has 0 heterocycles. The van der Waals surface area contributed by atoms with Crippen LogP contribution >= 0.6 is 0 Å². The number of unbranched alkanes of at least 4 members (excludes halogenated alkanes) is 2. The fraction of sp³-hybridized carbons (Fsp3) is 0.941. The van der Waals surface area contributed by atoms with Crippen molar-refractivity contribution in [1.82, 2.24) is 0 Å². The van der Waals surface area contributed by atoms with Crippen molar-refractivity contribution in [2.45, 2.75) is 71.5 Å². The highest BCUT2D eigenvalue weighted by atomic mass is 16.7. The molecule has 4 heteroatoms. The van der Waals surface area contributed by atoms with Crippen molar-refractivity contribution >= 4 is 5.97 Å². The first kappa shape index (κ1) is 18.4. The molecule has 4 nitrogen and oxygen atoms in total. The molecule has 1 saturated carbocycles. The van der Waals surface area contributed by atoms with Crippen LogP contribution in [0.1, 0.15) is 65.7 Å². The van der Waals surface area contributed by atoms with E-state index in [0.29, 0.717) is 31.5 Å². The van der Waals surface area contributed by atoms with Crippen molar-refractivity contribution < 1.29 is 19.0 Å². The zero-order chi connectivity index (χ0) is 15.7. The molecule has 1 aliphatic carbocycles. The Morgan fingerprint density at radius 2 is 1.81 bits per heavy atom. The van der Waals surface area contributed by atoms with Gasteiger partial charge in [0.1, 0.15) is 0 Å². The van der Waals surface area contributed by atoms with Gasteiger partial charge in [0.25, 0.3) is 0 Å². The summed E-state index contributed by atoms with van der Waals surface area (Å²) < 4.78 is 16.9. The predicted octanol–water partition coefficient (Wildman–Crippen LogP) is 3.93. The van der Waals surface area contributed by atoms with Crippen LogP contribution in [0.5, 0.6) is 0 Å². The minimum Gasteiger partial charge on any atom is -0.469 e. The molecule has 2 unspecified atom stereocenters. The van der Waals surface area contributed by atoms with E-state index >= 15 is 0 Å². The van der Waals surface area contributed by atoms with Gasteiger partial charge < -0.3 is 14.2 Å². The predicted molar refractivity (Wildman–Crippen MR) is 83.0 cm³/mol. The number of rotatable bonds is 10. The molecule has 1 aliphatic rings. The van der Waals surface area contributed by atoms with E-state index in [4.69, 9.17) is 14.2 Å². The summed E-state index contributed by atoms with van der Waals surface area (Å²) in [5.41, 5.74) is 0. The van der Waals surface area contributed by atoms with Gasteiger partial charge in [0, 0.05) is 32.0 Å². The number of ether oxygens (including phenoxy) is 3. The highest BCUT2D eigenvalue weighted by molar-refractivity contribution is 5.69. The van der Waals surface area contributed by atoms with E-state index in [2.05, 4.69) is 6.92 Å². The number of esters is 1. The zero-order valence-corrected chi connectivity index (χ0v) is 14.2. The Labute approximate surface area is 129 Å². The van der Waals surface area contributed by atoms with Crippen LogP contribution in [0.3, 0.4) is 0 Å². The summed E-state index contributed by atoms with van der Waals surface area (Å²) in [6.45, 7) is 7.53. The minimum atomic E-state index is -0.490. The second kappa shape index (κ2) is 9.42. The fourth-order valence-corrected chi connectivity index (χ4v) is 3.63. The average molecular weight is 300 g/mol. The smallest absolute Gasteiger partial charge is 0.305 e. The van der Waals surface area contributed by atoms with Crippen molar-refractivity contribution in [3.05, 3.63) is 0 Å². The van der Waals surface area contributed by atoms with Gasteiger partial charge in [0.2, 0.25) is 0 Å². The summed E-state index contributed by atoms with van der Waals surface area (Å²) in [6, 6.07) is 0. The molecular weight excluding hydrogens is 268 g/mol. The molecule has 0 aliphatic heterocycles. The highest BCUT2D eigenvalue weighted by Gasteiger charge is 2.50. The van der Waals surface area contributed by atoms with E-state index in [-0.39, 0.29) is 5.97 Å². The van der Waals surface area contributed by atoms with Crippen LogP contribution < -0.4 is 0 Å². The lowest BCUT2D eigenvalue weighted by Crippen LogP contribution is -2.42. The quantitative estimate of drug-likeness (QED) is 0.348. The Morgan fingerprint density at radius 3 is 2.33 bits per heavy atom. The van der Waals surface area contributed by atoms with Crippen LogP contribution in [0.2, 0.25) is 0 Å². The van der Waals surface area contributed by atoms with Gasteiger partial charge in [-0.2, -0.15) is 0 Å². The molecule has 2 atom stereocenters. The van der Waals surface area contributed by atoms with Crippen molar-refractivity contribution in [3.8, 4) is 0 Å². The molecule has 1 fully saturated rings. The van der Waals surface area contributed by atoms with Gasteiger partial charge in [-0.3, -0.25) is 4.79 Å². The van der Waals surface area contributed by atoms with Crippen LogP contribution in [0.25, 0.3) is 0 Å². The van der Waals surface area contributed by atoms with Crippen LogP contribution in [0.15, 0.2) is 0 Å². The molecule has 1 rings (SSSR count). The Bertz CT molecular complexity index is 297. The number of hydrogen-bond acceptors (Lipinski definition) is 4. The van der Waals surface area contributed by atoms with E-state index in [1.807, 2.05) is 13.8 Å². The third-order valence-corrected chi connectivity index (χ3v) is 4.55. The Hall–Kier alpha value is -0.610. The molecular formula is C17H32O4. The summed E-state index contributed by atoms with van der Waals surface area (Å²) in [6.07, 6.45) is 6.99. The summed E-state index contributed by atoms with van der Waals surface area (Å²) in [7, 11) is 1.46. The topological polar surface area (TPSA) is 44.8 Å². The van der Waals surface area contributed by atoms with Crippen molar-refractivity contribution in [2.24, 2.45) is 11.8 Å². The van der Waals surface area contributed by atoms with Crippen LogP contribution in [0.4, 0.5) is 0 Å². The van der Waals surface area contributed by atoms with E-state index in [0.717, 1.165) is 19.3 Å². The second-order valence-electron chi connectivity index (χ2n) is 5.86. The summed E-state index contributed by atoms with van der Waals surface area (Å²) in [4.78, 5) is 11.7. The summed E-state index contributed by atoms with van der Waals surface area (Å²) >= 11 is 0. The van der Waals surface area contributed by atoms with Gasteiger partial charge in [0.15, 0.2) is 5.79 Å². The lowest BCUT2D eigenvalue weighted by atomic mass is 9.85. The molecule has 0 aromatic carbocycles.